The van der Waals surface area contributed by atoms with Crippen LogP contribution in [0, 0.1) is 6.92 Å². The standard InChI is InChI=1S/C14H18N4O2/c1-9-4-6-12(7-5-9)20-11(3)14(19)17-10(2)13-15-8-16-18-13/h4-8,10-11H,1-3H3,(H,17,19)(H,15,16,18). The monoisotopic (exact) mass is 274 g/mol. The van der Waals surface area contributed by atoms with E-state index in [0.717, 1.165) is 5.56 Å². The van der Waals surface area contributed by atoms with Crippen LogP contribution in [-0.4, -0.2) is 27.2 Å². The van der Waals surface area contributed by atoms with E-state index in [9.17, 15) is 4.79 Å². The van der Waals surface area contributed by atoms with Gasteiger partial charge in [0.15, 0.2) is 6.10 Å². The van der Waals surface area contributed by atoms with Crippen LogP contribution in [0.2, 0.25) is 0 Å². The number of amides is 1. The molecular weight excluding hydrogens is 256 g/mol. The number of aromatic amines is 1. The molecular formula is C14H18N4O2. The van der Waals surface area contributed by atoms with E-state index in [-0.39, 0.29) is 11.9 Å². The molecule has 0 radical (unpaired) electrons. The van der Waals surface area contributed by atoms with Crippen molar-refractivity contribution in [3.63, 3.8) is 0 Å². The average molecular weight is 274 g/mol. The Labute approximate surface area is 117 Å². The Hall–Kier alpha value is -2.37. The van der Waals surface area contributed by atoms with Crippen LogP contribution in [0.1, 0.15) is 31.3 Å². The maximum atomic E-state index is 12.0. The van der Waals surface area contributed by atoms with Gasteiger partial charge in [0.05, 0.1) is 6.04 Å². The molecule has 2 N–H and O–H groups in total. The number of aryl methyl sites for hydroxylation is 1. The molecule has 6 nitrogen and oxygen atoms in total. The van der Waals surface area contributed by atoms with E-state index in [1.807, 2.05) is 38.1 Å². The van der Waals surface area contributed by atoms with Gasteiger partial charge in [-0.05, 0) is 32.9 Å². The third-order valence-electron chi connectivity index (χ3n) is 2.91. The smallest absolute Gasteiger partial charge is 0.261 e. The van der Waals surface area contributed by atoms with Gasteiger partial charge in [0.1, 0.15) is 17.9 Å². The molecule has 2 atom stereocenters. The molecule has 0 aliphatic heterocycles. The highest BCUT2D eigenvalue weighted by molar-refractivity contribution is 5.81. The van der Waals surface area contributed by atoms with Crippen molar-refractivity contribution in [2.24, 2.45) is 0 Å². The second-order valence-corrected chi connectivity index (χ2v) is 4.67. The van der Waals surface area contributed by atoms with Gasteiger partial charge in [0.2, 0.25) is 0 Å². The number of rotatable bonds is 5. The van der Waals surface area contributed by atoms with E-state index >= 15 is 0 Å². The van der Waals surface area contributed by atoms with Gasteiger partial charge in [-0.15, -0.1) is 0 Å². The summed E-state index contributed by atoms with van der Waals surface area (Å²) in [5, 5.41) is 9.29. The van der Waals surface area contributed by atoms with E-state index < -0.39 is 6.10 Å². The largest absolute Gasteiger partial charge is 0.481 e. The number of nitrogens with zero attached hydrogens (tertiary/aromatic N) is 2. The highest BCUT2D eigenvalue weighted by Crippen LogP contribution is 2.14. The molecule has 6 heteroatoms. The minimum Gasteiger partial charge on any atom is -0.481 e. The second kappa shape index (κ2) is 6.18. The zero-order chi connectivity index (χ0) is 14.5. The molecule has 0 saturated heterocycles. The summed E-state index contributed by atoms with van der Waals surface area (Å²) in [7, 11) is 0. The maximum Gasteiger partial charge on any atom is 0.261 e. The zero-order valence-electron chi connectivity index (χ0n) is 11.8. The van der Waals surface area contributed by atoms with E-state index in [2.05, 4.69) is 20.5 Å². The van der Waals surface area contributed by atoms with Crippen molar-refractivity contribution in [1.29, 1.82) is 0 Å². The number of ether oxygens (including phenoxy) is 1. The van der Waals surface area contributed by atoms with Crippen LogP contribution in [0.5, 0.6) is 5.75 Å². The Kier molecular flexibility index (Phi) is 4.34. The van der Waals surface area contributed by atoms with Gasteiger partial charge in [0.25, 0.3) is 5.91 Å². The molecule has 0 spiro atoms. The van der Waals surface area contributed by atoms with Gasteiger partial charge >= 0.3 is 0 Å². The Morgan fingerprint density at radius 1 is 1.30 bits per heavy atom. The Bertz CT molecular complexity index is 551. The lowest BCUT2D eigenvalue weighted by molar-refractivity contribution is -0.128. The zero-order valence-corrected chi connectivity index (χ0v) is 11.8. The molecule has 20 heavy (non-hydrogen) atoms. The fraction of sp³-hybridized carbons (Fsp3) is 0.357. The molecule has 1 amide bonds. The Morgan fingerprint density at radius 2 is 2.00 bits per heavy atom. The van der Waals surface area contributed by atoms with E-state index in [1.54, 1.807) is 6.92 Å². The minimum absolute atomic E-state index is 0.200. The summed E-state index contributed by atoms with van der Waals surface area (Å²) in [5.74, 6) is 1.08. The fourth-order valence-corrected chi connectivity index (χ4v) is 1.70. The summed E-state index contributed by atoms with van der Waals surface area (Å²) in [4.78, 5) is 16.0. The van der Waals surface area contributed by atoms with Gasteiger partial charge in [-0.25, -0.2) is 4.98 Å². The van der Waals surface area contributed by atoms with Crippen molar-refractivity contribution < 1.29 is 9.53 Å². The summed E-state index contributed by atoms with van der Waals surface area (Å²) < 4.78 is 5.59. The summed E-state index contributed by atoms with van der Waals surface area (Å²) in [5.41, 5.74) is 1.15. The van der Waals surface area contributed by atoms with Crippen molar-refractivity contribution in [2.75, 3.05) is 0 Å². The van der Waals surface area contributed by atoms with Crippen LogP contribution in [-0.2, 0) is 4.79 Å². The molecule has 0 aliphatic carbocycles. The minimum atomic E-state index is -0.580. The topological polar surface area (TPSA) is 79.9 Å². The van der Waals surface area contributed by atoms with E-state index in [0.29, 0.717) is 11.6 Å². The third-order valence-corrected chi connectivity index (χ3v) is 2.91. The lowest BCUT2D eigenvalue weighted by Crippen LogP contribution is -2.38. The van der Waals surface area contributed by atoms with Crippen LogP contribution in [0.4, 0.5) is 0 Å². The van der Waals surface area contributed by atoms with Crippen LogP contribution in [0.25, 0.3) is 0 Å². The van der Waals surface area contributed by atoms with Crippen LogP contribution < -0.4 is 10.1 Å². The van der Waals surface area contributed by atoms with Gasteiger partial charge in [-0.3, -0.25) is 9.89 Å². The van der Waals surface area contributed by atoms with Crippen molar-refractivity contribution in [3.8, 4) is 5.75 Å². The quantitative estimate of drug-likeness (QED) is 0.870. The lowest BCUT2D eigenvalue weighted by atomic mass is 10.2. The van der Waals surface area contributed by atoms with Gasteiger partial charge in [-0.1, -0.05) is 17.7 Å². The van der Waals surface area contributed by atoms with Crippen molar-refractivity contribution >= 4 is 5.91 Å². The predicted octanol–water partition coefficient (Wildman–Crippen LogP) is 1.76. The van der Waals surface area contributed by atoms with E-state index in [1.165, 1.54) is 6.33 Å². The summed E-state index contributed by atoms with van der Waals surface area (Å²) in [6.45, 7) is 5.54. The Balaban J connectivity index is 1.90. The van der Waals surface area contributed by atoms with Gasteiger partial charge < -0.3 is 10.1 Å². The fourth-order valence-electron chi connectivity index (χ4n) is 1.70. The highest BCUT2D eigenvalue weighted by Gasteiger charge is 2.18. The molecule has 0 saturated carbocycles. The van der Waals surface area contributed by atoms with Gasteiger partial charge in [0, 0.05) is 0 Å². The second-order valence-electron chi connectivity index (χ2n) is 4.67. The van der Waals surface area contributed by atoms with Crippen LogP contribution >= 0.6 is 0 Å². The summed E-state index contributed by atoms with van der Waals surface area (Å²) >= 11 is 0. The lowest BCUT2D eigenvalue weighted by Gasteiger charge is -2.17. The molecule has 1 aromatic heterocycles. The number of hydrogen-bond donors (Lipinski definition) is 2. The molecule has 1 heterocycles. The number of hydrogen-bond acceptors (Lipinski definition) is 4. The number of carbonyl (C=O) groups is 1. The molecule has 0 fully saturated rings. The first-order chi connectivity index (χ1) is 9.56. The van der Waals surface area contributed by atoms with E-state index in [4.69, 9.17) is 4.74 Å². The number of carbonyl (C=O) groups excluding carboxylic acids is 1. The molecule has 2 aromatic rings. The Morgan fingerprint density at radius 3 is 2.60 bits per heavy atom. The maximum absolute atomic E-state index is 12.0. The normalized spacial score (nSPS) is 13.6. The van der Waals surface area contributed by atoms with Crippen molar-refractivity contribution in [2.45, 2.75) is 32.9 Å². The van der Waals surface area contributed by atoms with Gasteiger partial charge in [-0.2, -0.15) is 5.10 Å². The molecule has 2 rings (SSSR count). The SMILES string of the molecule is Cc1ccc(OC(C)C(=O)NC(C)c2ncn[nH]2)cc1. The molecule has 1 aromatic carbocycles. The predicted molar refractivity (Wildman–Crippen MR) is 74.2 cm³/mol. The number of nitrogens with one attached hydrogen (secondary N) is 2. The molecule has 106 valence electrons. The first-order valence-electron chi connectivity index (χ1n) is 6.45. The average Bonchev–Trinajstić information content (AvgIpc) is 2.95. The molecule has 0 aliphatic rings. The third kappa shape index (κ3) is 3.57. The molecule has 2 unspecified atom stereocenters. The van der Waals surface area contributed by atoms with Crippen molar-refractivity contribution in [1.82, 2.24) is 20.5 Å². The van der Waals surface area contributed by atoms with Crippen molar-refractivity contribution in [3.05, 3.63) is 42.0 Å². The van der Waals surface area contributed by atoms with Crippen LogP contribution in [0.15, 0.2) is 30.6 Å². The first-order valence-corrected chi connectivity index (χ1v) is 6.45. The highest BCUT2D eigenvalue weighted by atomic mass is 16.5. The number of benzene rings is 1. The summed E-state index contributed by atoms with van der Waals surface area (Å²) in [6, 6.07) is 7.33. The number of aromatic nitrogens is 3. The number of H-pyrrole nitrogens is 1. The summed E-state index contributed by atoms with van der Waals surface area (Å²) in [6.07, 6.45) is 0.826. The molecule has 0 bridgehead atoms. The van der Waals surface area contributed by atoms with Crippen LogP contribution in [0.3, 0.4) is 0 Å². The first kappa shape index (κ1) is 14.0.